The van der Waals surface area contributed by atoms with Gasteiger partial charge in [0.15, 0.2) is 0 Å². The lowest BCUT2D eigenvalue weighted by atomic mass is 9.90. The first kappa shape index (κ1) is 15.8. The number of likely N-dealkylation sites (tertiary alicyclic amines) is 1. The molecule has 0 saturated carbocycles. The molecule has 1 heterocycles. The van der Waals surface area contributed by atoms with Crippen molar-refractivity contribution in [3.05, 3.63) is 29.8 Å². The van der Waals surface area contributed by atoms with Crippen LogP contribution in [0.5, 0.6) is 5.75 Å². The van der Waals surface area contributed by atoms with E-state index in [0.29, 0.717) is 12.1 Å². The summed E-state index contributed by atoms with van der Waals surface area (Å²) < 4.78 is 5.08. The van der Waals surface area contributed by atoms with Gasteiger partial charge in [0.2, 0.25) is 0 Å². The number of methoxy groups -OCH3 is 1. The molecular formula is C14H21ClN2O2. The Bertz CT molecular complexity index is 436. The normalized spacial score (nSPS) is 21.9. The summed E-state index contributed by atoms with van der Waals surface area (Å²) in [6.45, 7) is 4.29. The van der Waals surface area contributed by atoms with Gasteiger partial charge in [0.25, 0.3) is 5.91 Å². The summed E-state index contributed by atoms with van der Waals surface area (Å²) in [4.78, 5) is 14.2. The Morgan fingerprint density at radius 1 is 1.42 bits per heavy atom. The van der Waals surface area contributed by atoms with Gasteiger partial charge in [-0.25, -0.2) is 0 Å². The van der Waals surface area contributed by atoms with Crippen LogP contribution >= 0.6 is 12.4 Å². The molecule has 0 spiro atoms. The van der Waals surface area contributed by atoms with Crippen LogP contribution in [0, 0.1) is 5.41 Å². The van der Waals surface area contributed by atoms with Crippen molar-refractivity contribution in [3.63, 3.8) is 0 Å². The van der Waals surface area contributed by atoms with Crippen LogP contribution in [0.1, 0.15) is 23.7 Å². The van der Waals surface area contributed by atoms with E-state index >= 15 is 0 Å². The summed E-state index contributed by atoms with van der Waals surface area (Å²) >= 11 is 0. The van der Waals surface area contributed by atoms with Crippen molar-refractivity contribution in [1.29, 1.82) is 0 Å². The Hall–Kier alpha value is -1.26. The van der Waals surface area contributed by atoms with Gasteiger partial charge in [-0.05, 0) is 42.6 Å². The van der Waals surface area contributed by atoms with Crippen molar-refractivity contribution in [1.82, 2.24) is 4.90 Å². The third kappa shape index (κ3) is 3.39. The fraction of sp³-hybridized carbons (Fsp3) is 0.500. The molecule has 1 aromatic carbocycles. The molecule has 1 unspecified atom stereocenters. The van der Waals surface area contributed by atoms with Gasteiger partial charge in [0.1, 0.15) is 5.75 Å². The lowest BCUT2D eigenvalue weighted by Gasteiger charge is -2.22. The first-order valence-electron chi connectivity index (χ1n) is 6.21. The topological polar surface area (TPSA) is 55.6 Å². The second-order valence-electron chi connectivity index (χ2n) is 5.22. The number of amides is 1. The molecule has 2 N–H and O–H groups in total. The monoisotopic (exact) mass is 284 g/mol. The van der Waals surface area contributed by atoms with E-state index in [2.05, 4.69) is 6.92 Å². The maximum absolute atomic E-state index is 12.3. The Kier molecular flexibility index (Phi) is 5.20. The molecule has 19 heavy (non-hydrogen) atoms. The largest absolute Gasteiger partial charge is 0.497 e. The van der Waals surface area contributed by atoms with Gasteiger partial charge < -0.3 is 15.4 Å². The van der Waals surface area contributed by atoms with Gasteiger partial charge in [0, 0.05) is 18.7 Å². The molecular weight excluding hydrogens is 264 g/mol. The summed E-state index contributed by atoms with van der Waals surface area (Å²) in [6, 6.07) is 7.23. The smallest absolute Gasteiger partial charge is 0.253 e. The summed E-state index contributed by atoms with van der Waals surface area (Å²) in [5, 5.41) is 0. The molecule has 1 amide bonds. The predicted octanol–water partition coefficient (Wildman–Crippen LogP) is 1.93. The lowest BCUT2D eigenvalue weighted by Crippen LogP contribution is -2.34. The SMILES string of the molecule is COc1ccc(C(=O)N2CCC(C)(CN)C2)cc1.Cl. The fourth-order valence-electron chi connectivity index (χ4n) is 2.28. The van der Waals surface area contributed by atoms with Gasteiger partial charge in [-0.1, -0.05) is 6.92 Å². The zero-order valence-electron chi connectivity index (χ0n) is 11.4. The molecule has 106 valence electrons. The molecule has 2 rings (SSSR count). The number of nitrogens with zero attached hydrogens (tertiary/aromatic N) is 1. The third-order valence-corrected chi connectivity index (χ3v) is 3.67. The van der Waals surface area contributed by atoms with Crippen molar-refractivity contribution < 1.29 is 9.53 Å². The highest BCUT2D eigenvalue weighted by molar-refractivity contribution is 5.94. The summed E-state index contributed by atoms with van der Waals surface area (Å²) in [6.07, 6.45) is 0.978. The first-order valence-corrected chi connectivity index (χ1v) is 6.21. The van der Waals surface area contributed by atoms with Crippen LogP contribution in [0.3, 0.4) is 0 Å². The number of hydrogen-bond acceptors (Lipinski definition) is 3. The third-order valence-electron chi connectivity index (χ3n) is 3.67. The van der Waals surface area contributed by atoms with Crippen LogP contribution in [-0.2, 0) is 0 Å². The zero-order valence-corrected chi connectivity index (χ0v) is 12.2. The van der Waals surface area contributed by atoms with Crippen LogP contribution in [-0.4, -0.2) is 37.6 Å². The van der Waals surface area contributed by atoms with E-state index in [1.54, 1.807) is 19.2 Å². The number of benzene rings is 1. The minimum atomic E-state index is 0. The van der Waals surface area contributed by atoms with Crippen molar-refractivity contribution >= 4 is 18.3 Å². The lowest BCUT2D eigenvalue weighted by molar-refractivity contribution is 0.0777. The number of ether oxygens (including phenoxy) is 1. The van der Waals surface area contributed by atoms with E-state index in [1.807, 2.05) is 17.0 Å². The molecule has 0 radical (unpaired) electrons. The van der Waals surface area contributed by atoms with E-state index in [-0.39, 0.29) is 23.7 Å². The molecule has 1 fully saturated rings. The van der Waals surface area contributed by atoms with Crippen molar-refractivity contribution in [2.75, 3.05) is 26.7 Å². The van der Waals surface area contributed by atoms with E-state index in [9.17, 15) is 4.79 Å². The second-order valence-corrected chi connectivity index (χ2v) is 5.22. The average molecular weight is 285 g/mol. The van der Waals surface area contributed by atoms with Crippen LogP contribution in [0.4, 0.5) is 0 Å². The van der Waals surface area contributed by atoms with Crippen molar-refractivity contribution in [2.24, 2.45) is 11.1 Å². The van der Waals surface area contributed by atoms with Crippen LogP contribution < -0.4 is 10.5 Å². The van der Waals surface area contributed by atoms with Crippen LogP contribution in [0.15, 0.2) is 24.3 Å². The molecule has 1 aliphatic heterocycles. The summed E-state index contributed by atoms with van der Waals surface area (Å²) in [5.74, 6) is 0.842. The Morgan fingerprint density at radius 3 is 2.53 bits per heavy atom. The number of carbonyl (C=O) groups is 1. The quantitative estimate of drug-likeness (QED) is 0.923. The average Bonchev–Trinajstić information content (AvgIpc) is 2.81. The highest BCUT2D eigenvalue weighted by atomic mass is 35.5. The van der Waals surface area contributed by atoms with Gasteiger partial charge in [-0.3, -0.25) is 4.79 Å². The first-order chi connectivity index (χ1) is 8.58. The minimum Gasteiger partial charge on any atom is -0.497 e. The molecule has 1 saturated heterocycles. The number of hydrogen-bond donors (Lipinski definition) is 1. The summed E-state index contributed by atoms with van der Waals surface area (Å²) in [5.41, 5.74) is 6.53. The van der Waals surface area contributed by atoms with E-state index in [1.165, 1.54) is 0 Å². The molecule has 1 atom stereocenters. The van der Waals surface area contributed by atoms with Crippen LogP contribution in [0.2, 0.25) is 0 Å². The van der Waals surface area contributed by atoms with E-state index in [0.717, 1.165) is 25.3 Å². The molecule has 0 aromatic heterocycles. The van der Waals surface area contributed by atoms with Gasteiger partial charge in [-0.15, -0.1) is 12.4 Å². The predicted molar refractivity (Wildman–Crippen MR) is 77.9 cm³/mol. The Balaban J connectivity index is 0.00000180. The van der Waals surface area contributed by atoms with Gasteiger partial charge >= 0.3 is 0 Å². The Morgan fingerprint density at radius 2 is 2.05 bits per heavy atom. The molecule has 1 aromatic rings. The van der Waals surface area contributed by atoms with E-state index < -0.39 is 0 Å². The minimum absolute atomic E-state index is 0. The number of nitrogens with two attached hydrogens (primary N) is 1. The highest BCUT2D eigenvalue weighted by Crippen LogP contribution is 2.29. The van der Waals surface area contributed by atoms with Gasteiger partial charge in [0.05, 0.1) is 7.11 Å². The second kappa shape index (κ2) is 6.26. The number of carbonyl (C=O) groups excluding carboxylic acids is 1. The van der Waals surface area contributed by atoms with Crippen LogP contribution in [0.25, 0.3) is 0 Å². The number of rotatable bonds is 3. The molecule has 1 aliphatic rings. The molecule has 0 bridgehead atoms. The molecule has 0 aliphatic carbocycles. The highest BCUT2D eigenvalue weighted by Gasteiger charge is 2.35. The standard InChI is InChI=1S/C14H20N2O2.ClH/c1-14(9-15)7-8-16(10-14)13(17)11-3-5-12(18-2)6-4-11;/h3-6H,7-10,15H2,1-2H3;1H. The van der Waals surface area contributed by atoms with Gasteiger partial charge in [-0.2, -0.15) is 0 Å². The Labute approximate surface area is 120 Å². The maximum atomic E-state index is 12.3. The zero-order chi connectivity index (χ0) is 13.2. The summed E-state index contributed by atoms with van der Waals surface area (Å²) in [7, 11) is 1.62. The van der Waals surface area contributed by atoms with E-state index in [4.69, 9.17) is 10.5 Å². The molecule has 4 nitrogen and oxygen atoms in total. The molecule has 5 heteroatoms. The van der Waals surface area contributed by atoms with Crippen molar-refractivity contribution in [3.8, 4) is 5.75 Å². The maximum Gasteiger partial charge on any atom is 0.253 e. The fourth-order valence-corrected chi connectivity index (χ4v) is 2.28. The van der Waals surface area contributed by atoms with Crippen molar-refractivity contribution in [2.45, 2.75) is 13.3 Å². The number of halogens is 1.